The summed E-state index contributed by atoms with van der Waals surface area (Å²) in [6.45, 7) is 8.95. The van der Waals surface area contributed by atoms with Gasteiger partial charge in [0.25, 0.3) is 6.33 Å². The molecule has 1 aromatic carbocycles. The van der Waals surface area contributed by atoms with E-state index in [1.165, 1.54) is 27.4 Å². The Morgan fingerprint density at radius 1 is 1.27 bits per heavy atom. The largest absolute Gasteiger partial charge is 1.00 e. The van der Waals surface area contributed by atoms with Crippen molar-refractivity contribution in [2.24, 2.45) is 11.8 Å². The predicted octanol–water partition coefficient (Wildman–Crippen LogP) is -1.64. The maximum Gasteiger partial charge on any atom is 0.250 e. The third kappa shape index (κ3) is 5.16. The van der Waals surface area contributed by atoms with Crippen molar-refractivity contribution >= 4 is 45.4 Å². The zero-order valence-electron chi connectivity index (χ0n) is 23.6. The number of carbonyl (C=O) groups excluding carboxylic acids is 2. The van der Waals surface area contributed by atoms with Gasteiger partial charge in [-0.25, -0.2) is 4.57 Å². The van der Waals surface area contributed by atoms with Crippen LogP contribution in [0, 0.1) is 11.8 Å². The highest BCUT2D eigenvalue weighted by atomic mass is 79.9. The van der Waals surface area contributed by atoms with Crippen LogP contribution in [0.5, 0.6) is 0 Å². The van der Waals surface area contributed by atoms with Crippen molar-refractivity contribution in [3.8, 4) is 0 Å². The van der Waals surface area contributed by atoms with Crippen molar-refractivity contribution in [2.45, 2.75) is 44.1 Å². The van der Waals surface area contributed by atoms with E-state index in [1.807, 2.05) is 30.1 Å². The number of likely N-dealkylation sites (N-methyl/N-ethyl adjacent to an activating group) is 1. The van der Waals surface area contributed by atoms with Crippen molar-refractivity contribution < 1.29 is 50.6 Å². The van der Waals surface area contributed by atoms with Crippen molar-refractivity contribution in [3.05, 3.63) is 58.5 Å². The maximum absolute atomic E-state index is 12.7. The summed E-state index contributed by atoms with van der Waals surface area (Å²) in [6, 6.07) is 8.49. The van der Waals surface area contributed by atoms with Crippen LogP contribution in [0.1, 0.15) is 29.9 Å². The molecular weight excluding hydrogens is 628 g/mol. The minimum Gasteiger partial charge on any atom is -1.00 e. The van der Waals surface area contributed by atoms with E-state index in [4.69, 9.17) is 4.74 Å². The number of aliphatic carboxylic acids is 1. The lowest BCUT2D eigenvalue weighted by atomic mass is 9.77. The van der Waals surface area contributed by atoms with Gasteiger partial charge in [0.15, 0.2) is 0 Å². The molecule has 9 nitrogen and oxygen atoms in total. The van der Waals surface area contributed by atoms with Crippen molar-refractivity contribution in [3.63, 3.8) is 0 Å². The summed E-state index contributed by atoms with van der Waals surface area (Å²) >= 11 is 3.18. The standard InChI is InChI=1S/C29H35N4O5S2.BrH/c1-17-22(25(29(36)37)32-24(17)23(18(2)34)26(32)35)21-14-31-16-30(27(39-4)28(31)40-21)13-19-5-7-20(8-6-19)15-33(3)9-11-38-12-10-33;/h5-8,14,16-18,23-24,34H,9-13,15H2,1-4H3;1H/q+1;/p-1/t17-,18+,23+,24+;/m0./s1. The number of halogens is 1. The first-order chi connectivity index (χ1) is 19.1. The fourth-order valence-electron chi connectivity index (χ4n) is 6.59. The number of nitrogens with zero attached hydrogens (tertiary/aromatic N) is 4. The van der Waals surface area contributed by atoms with E-state index >= 15 is 0 Å². The van der Waals surface area contributed by atoms with E-state index in [1.54, 1.807) is 18.7 Å². The molecule has 3 aromatic rings. The van der Waals surface area contributed by atoms with E-state index in [2.05, 4.69) is 35.9 Å². The van der Waals surface area contributed by atoms with Gasteiger partial charge in [-0.2, -0.15) is 4.40 Å². The number of aromatic nitrogens is 2. The molecule has 2 fully saturated rings. The molecule has 0 aliphatic carbocycles. The predicted molar refractivity (Wildman–Crippen MR) is 150 cm³/mol. The van der Waals surface area contributed by atoms with Crippen LogP contribution in [0.4, 0.5) is 0 Å². The van der Waals surface area contributed by atoms with E-state index in [-0.39, 0.29) is 40.5 Å². The normalized spacial score (nSPS) is 24.3. The molecule has 3 aliphatic heterocycles. The number of hydrogen-bond acceptors (Lipinski definition) is 7. The number of carboxylic acids is 1. The molecule has 0 bridgehead atoms. The number of thiazole rings is 1. The highest BCUT2D eigenvalue weighted by Gasteiger charge is 2.59. The van der Waals surface area contributed by atoms with Crippen LogP contribution in [-0.2, 0) is 27.4 Å². The highest BCUT2D eigenvalue weighted by Crippen LogP contribution is 2.51. The van der Waals surface area contributed by atoms with Gasteiger partial charge in [-0.05, 0) is 18.7 Å². The number of benzene rings is 1. The number of carbonyl (C=O) groups is 2. The Labute approximate surface area is 258 Å². The third-order valence-electron chi connectivity index (χ3n) is 8.72. The van der Waals surface area contributed by atoms with E-state index in [0.717, 1.165) is 58.6 Å². The summed E-state index contributed by atoms with van der Waals surface area (Å²) in [6.07, 6.45) is 5.21. The smallest absolute Gasteiger partial charge is 0.250 e. The Hall–Kier alpha value is -2.22. The quantitative estimate of drug-likeness (QED) is 0.135. The summed E-state index contributed by atoms with van der Waals surface area (Å²) < 4.78 is 10.8. The fraction of sp³-hybridized carbons (Fsp3) is 0.483. The lowest BCUT2D eigenvalue weighted by Gasteiger charge is -2.47. The van der Waals surface area contributed by atoms with Gasteiger partial charge in [0.2, 0.25) is 15.8 Å². The molecule has 41 heavy (non-hydrogen) atoms. The van der Waals surface area contributed by atoms with Crippen LogP contribution in [0.3, 0.4) is 0 Å². The van der Waals surface area contributed by atoms with Crippen molar-refractivity contribution in [1.82, 2.24) is 9.30 Å². The highest BCUT2D eigenvalue weighted by molar-refractivity contribution is 7.98. The molecule has 2 aromatic heterocycles. The first-order valence-corrected chi connectivity index (χ1v) is 15.7. The van der Waals surface area contributed by atoms with Crippen molar-refractivity contribution in [1.29, 1.82) is 0 Å². The van der Waals surface area contributed by atoms with Crippen LogP contribution in [-0.4, -0.2) is 82.5 Å². The molecule has 2 saturated heterocycles. The molecule has 12 heteroatoms. The first kappa shape index (κ1) is 30.2. The number of aliphatic hydroxyl groups is 1. The number of imidazole rings is 1. The number of ether oxygens (including phenoxy) is 1. The monoisotopic (exact) mass is 662 g/mol. The average Bonchev–Trinajstić information content (AvgIpc) is 3.52. The second kappa shape index (κ2) is 11.5. The van der Waals surface area contributed by atoms with Gasteiger partial charge >= 0.3 is 0 Å². The van der Waals surface area contributed by atoms with Crippen LogP contribution >= 0.6 is 23.1 Å². The van der Waals surface area contributed by atoms with Gasteiger partial charge in [0, 0.05) is 17.1 Å². The molecule has 1 N–H and O–H groups in total. The van der Waals surface area contributed by atoms with Crippen LogP contribution < -0.4 is 26.7 Å². The molecule has 3 aliphatic rings. The molecular formula is C29H35BrN4O5S2. The Morgan fingerprint density at radius 3 is 2.54 bits per heavy atom. The minimum absolute atomic E-state index is 0. The number of amides is 1. The molecule has 6 rings (SSSR count). The number of aliphatic hydroxyl groups excluding tert-OH is 1. The topological polar surface area (TPSA) is 98.2 Å². The molecule has 4 atom stereocenters. The van der Waals surface area contributed by atoms with Crippen molar-refractivity contribution in [2.75, 3.05) is 39.6 Å². The van der Waals surface area contributed by atoms with Crippen LogP contribution in [0.25, 0.3) is 10.4 Å². The Kier molecular flexibility index (Phi) is 8.45. The zero-order chi connectivity index (χ0) is 28.3. The summed E-state index contributed by atoms with van der Waals surface area (Å²) in [5, 5.41) is 23.4. The number of morpholine rings is 1. The van der Waals surface area contributed by atoms with E-state index < -0.39 is 18.0 Å². The van der Waals surface area contributed by atoms with Gasteiger partial charge in [0.05, 0.1) is 54.9 Å². The summed E-state index contributed by atoms with van der Waals surface area (Å²) in [5.74, 6) is -2.52. The number of fused-ring (bicyclic) bond motifs is 2. The number of rotatable bonds is 8. The van der Waals surface area contributed by atoms with E-state index in [9.17, 15) is 19.8 Å². The zero-order valence-corrected chi connectivity index (χ0v) is 26.8. The molecule has 0 radical (unpaired) electrons. The molecule has 5 heterocycles. The number of quaternary nitrogens is 1. The second-order valence-electron chi connectivity index (χ2n) is 11.5. The number of β-lactam (4-membered cyclic amide) rings is 1. The summed E-state index contributed by atoms with van der Waals surface area (Å²) in [7, 11) is 2.29. The third-order valence-corrected chi connectivity index (χ3v) is 10.8. The Morgan fingerprint density at radius 2 is 1.93 bits per heavy atom. The second-order valence-corrected chi connectivity index (χ2v) is 13.3. The average molecular weight is 664 g/mol. The molecule has 0 saturated carbocycles. The molecule has 220 valence electrons. The number of hydrogen-bond donors (Lipinski definition) is 1. The van der Waals surface area contributed by atoms with Gasteiger partial charge in [-0.15, -0.1) is 0 Å². The summed E-state index contributed by atoms with van der Waals surface area (Å²) in [4.78, 5) is 28.1. The summed E-state index contributed by atoms with van der Waals surface area (Å²) in [5.41, 5.74) is 3.09. The lowest BCUT2D eigenvalue weighted by Crippen LogP contribution is -3.00. The van der Waals surface area contributed by atoms with Crippen LogP contribution in [0.2, 0.25) is 0 Å². The van der Waals surface area contributed by atoms with Crippen LogP contribution in [0.15, 0.2) is 47.5 Å². The SMILES string of the molecule is CSc1c2sc(C3=C(C(=O)[O-])N4C(=O)[C@H]([C@@H](C)O)[C@H]4[C@H]3C)cn2c[n+]1Cc1ccc(C[N+]2(C)CCOCC2)cc1.[Br-]. The lowest BCUT2D eigenvalue weighted by molar-refractivity contribution is -0.929. The minimum atomic E-state index is -1.35. The van der Waals surface area contributed by atoms with Gasteiger partial charge in [-0.3, -0.25) is 4.79 Å². The molecule has 1 amide bonds. The molecule has 0 unspecified atom stereocenters. The maximum atomic E-state index is 12.7. The number of thioether (sulfide) groups is 1. The van der Waals surface area contributed by atoms with Gasteiger partial charge in [0.1, 0.15) is 32.4 Å². The number of carboxylic acid groups (broad SMARTS) is 1. The first-order valence-electron chi connectivity index (χ1n) is 13.7. The van der Waals surface area contributed by atoms with Gasteiger partial charge < -0.3 is 46.1 Å². The fourth-order valence-corrected chi connectivity index (χ4v) is 8.77. The molecule has 0 spiro atoms. The van der Waals surface area contributed by atoms with Gasteiger partial charge in [-0.1, -0.05) is 54.3 Å². The Balaban J connectivity index is 0.00000337. The Bertz CT molecular complexity index is 1510. The van der Waals surface area contributed by atoms with E-state index in [0.29, 0.717) is 5.57 Å².